The zero-order chi connectivity index (χ0) is 15.4. The molecule has 0 atom stereocenters. The molecule has 0 unspecified atom stereocenters. The Labute approximate surface area is 132 Å². The number of aryl methyl sites for hydroxylation is 1. The molecule has 1 N–H and O–H groups in total. The fraction of sp³-hybridized carbons (Fsp3) is 0.706. The van der Waals surface area contributed by atoms with Crippen molar-refractivity contribution in [2.75, 3.05) is 18.4 Å². The maximum Gasteiger partial charge on any atom is 0.272 e. The molecule has 120 valence electrons. The van der Waals surface area contributed by atoms with Crippen molar-refractivity contribution in [1.82, 2.24) is 14.9 Å². The first-order valence-corrected chi connectivity index (χ1v) is 8.64. The number of carbonyl (C=O) groups is 1. The van der Waals surface area contributed by atoms with Gasteiger partial charge in [0.2, 0.25) is 0 Å². The second kappa shape index (κ2) is 7.07. The average Bonchev–Trinajstić information content (AvgIpc) is 2.55. The molecule has 5 nitrogen and oxygen atoms in total. The van der Waals surface area contributed by atoms with E-state index in [4.69, 9.17) is 0 Å². The lowest BCUT2D eigenvalue weighted by Gasteiger charge is -2.27. The van der Waals surface area contributed by atoms with Crippen LogP contribution in [0, 0.1) is 6.92 Å². The van der Waals surface area contributed by atoms with Gasteiger partial charge in [0.25, 0.3) is 5.91 Å². The number of likely N-dealkylation sites (tertiary alicyclic amines) is 1. The first-order valence-electron chi connectivity index (χ1n) is 8.64. The van der Waals surface area contributed by atoms with Crippen LogP contribution in [0.3, 0.4) is 0 Å². The highest BCUT2D eigenvalue weighted by Crippen LogP contribution is 2.21. The van der Waals surface area contributed by atoms with Gasteiger partial charge in [-0.2, -0.15) is 0 Å². The van der Waals surface area contributed by atoms with E-state index in [9.17, 15) is 4.79 Å². The van der Waals surface area contributed by atoms with Crippen LogP contribution in [0.2, 0.25) is 0 Å². The number of nitrogens with one attached hydrogen (secondary N) is 1. The van der Waals surface area contributed by atoms with Gasteiger partial charge in [-0.05, 0) is 39.0 Å². The minimum absolute atomic E-state index is 0.0527. The summed E-state index contributed by atoms with van der Waals surface area (Å²) in [6.45, 7) is 3.57. The summed E-state index contributed by atoms with van der Waals surface area (Å²) in [5.41, 5.74) is 0.535. The lowest BCUT2D eigenvalue weighted by atomic mass is 9.95. The number of nitrogens with zero attached hydrogens (tertiary/aromatic N) is 3. The van der Waals surface area contributed by atoms with Crippen LogP contribution in [-0.2, 0) is 0 Å². The lowest BCUT2D eigenvalue weighted by Crippen LogP contribution is -2.36. The fourth-order valence-corrected chi connectivity index (χ4v) is 3.47. The van der Waals surface area contributed by atoms with Crippen molar-refractivity contribution in [2.24, 2.45) is 0 Å². The minimum Gasteiger partial charge on any atom is -0.367 e. The molecule has 5 heteroatoms. The summed E-state index contributed by atoms with van der Waals surface area (Å²) in [5, 5.41) is 3.50. The summed E-state index contributed by atoms with van der Waals surface area (Å²) in [4.78, 5) is 23.4. The molecule has 2 heterocycles. The van der Waals surface area contributed by atoms with Crippen LogP contribution < -0.4 is 5.32 Å². The standard InChI is InChI=1S/C17H26N4O/c1-13-18-15(17(22)21-10-6-3-7-11-21)12-16(19-13)20-14-8-4-2-5-9-14/h12,14H,2-11H2,1H3,(H,18,19,20). The summed E-state index contributed by atoms with van der Waals surface area (Å²) < 4.78 is 0. The minimum atomic E-state index is 0.0527. The van der Waals surface area contributed by atoms with Crippen LogP contribution in [0.15, 0.2) is 6.07 Å². The van der Waals surface area contributed by atoms with Gasteiger partial charge in [0.1, 0.15) is 17.3 Å². The molecular weight excluding hydrogens is 276 g/mol. The van der Waals surface area contributed by atoms with E-state index in [1.54, 1.807) is 0 Å². The number of hydrogen-bond acceptors (Lipinski definition) is 4. The smallest absolute Gasteiger partial charge is 0.272 e. The normalized spacial score (nSPS) is 20.0. The third-order valence-electron chi connectivity index (χ3n) is 4.66. The Bertz CT molecular complexity index is 519. The SMILES string of the molecule is Cc1nc(NC2CCCCC2)cc(C(=O)N2CCCCC2)n1. The molecule has 22 heavy (non-hydrogen) atoms. The lowest BCUT2D eigenvalue weighted by molar-refractivity contribution is 0.0718. The number of amides is 1. The Balaban J connectivity index is 1.72. The van der Waals surface area contributed by atoms with Gasteiger partial charge in [0.15, 0.2) is 0 Å². The van der Waals surface area contributed by atoms with E-state index in [0.717, 1.165) is 31.7 Å². The quantitative estimate of drug-likeness (QED) is 0.932. The number of hydrogen-bond donors (Lipinski definition) is 1. The number of anilines is 1. The van der Waals surface area contributed by atoms with Crippen molar-refractivity contribution in [1.29, 1.82) is 0 Å². The summed E-state index contributed by atoms with van der Waals surface area (Å²) >= 11 is 0. The third kappa shape index (κ3) is 3.76. The number of rotatable bonds is 3. The zero-order valence-electron chi connectivity index (χ0n) is 13.5. The predicted octanol–water partition coefficient (Wildman–Crippen LogP) is 3.16. The number of aromatic nitrogens is 2. The summed E-state index contributed by atoms with van der Waals surface area (Å²) in [6.07, 6.45) is 9.70. The molecule has 1 aromatic rings. The predicted molar refractivity (Wildman–Crippen MR) is 87.0 cm³/mol. The molecule has 0 bridgehead atoms. The van der Waals surface area contributed by atoms with Gasteiger partial charge in [-0.25, -0.2) is 9.97 Å². The van der Waals surface area contributed by atoms with E-state index in [-0.39, 0.29) is 5.91 Å². The van der Waals surface area contributed by atoms with Crippen molar-refractivity contribution in [2.45, 2.75) is 64.3 Å². The first kappa shape index (κ1) is 15.3. The Morgan fingerprint density at radius 3 is 2.50 bits per heavy atom. The largest absolute Gasteiger partial charge is 0.367 e. The Kier molecular flexibility index (Phi) is 4.90. The molecule has 2 aliphatic rings. The molecule has 1 amide bonds. The molecule has 0 spiro atoms. The number of carbonyl (C=O) groups excluding carboxylic acids is 1. The topological polar surface area (TPSA) is 58.1 Å². The van der Waals surface area contributed by atoms with E-state index in [0.29, 0.717) is 17.6 Å². The zero-order valence-corrected chi connectivity index (χ0v) is 13.5. The molecule has 1 saturated heterocycles. The van der Waals surface area contributed by atoms with E-state index >= 15 is 0 Å². The molecule has 1 aliphatic carbocycles. The van der Waals surface area contributed by atoms with Crippen molar-refractivity contribution in [3.63, 3.8) is 0 Å². The Morgan fingerprint density at radius 1 is 1.09 bits per heavy atom. The second-order valence-electron chi connectivity index (χ2n) is 6.52. The van der Waals surface area contributed by atoms with Gasteiger partial charge in [0.05, 0.1) is 0 Å². The molecule has 0 aromatic carbocycles. The van der Waals surface area contributed by atoms with Crippen LogP contribution in [0.4, 0.5) is 5.82 Å². The van der Waals surface area contributed by atoms with Crippen LogP contribution >= 0.6 is 0 Å². The van der Waals surface area contributed by atoms with Gasteiger partial charge in [0, 0.05) is 25.2 Å². The molecular formula is C17H26N4O. The second-order valence-corrected chi connectivity index (χ2v) is 6.52. The molecule has 2 fully saturated rings. The van der Waals surface area contributed by atoms with Crippen LogP contribution in [0.5, 0.6) is 0 Å². The molecule has 1 saturated carbocycles. The van der Waals surface area contributed by atoms with Gasteiger partial charge < -0.3 is 10.2 Å². The molecule has 0 radical (unpaired) electrons. The number of piperidine rings is 1. The third-order valence-corrected chi connectivity index (χ3v) is 4.66. The maximum absolute atomic E-state index is 12.6. The maximum atomic E-state index is 12.6. The molecule has 3 rings (SSSR count). The highest BCUT2D eigenvalue weighted by molar-refractivity contribution is 5.93. The molecule has 1 aliphatic heterocycles. The highest BCUT2D eigenvalue weighted by atomic mass is 16.2. The van der Waals surface area contributed by atoms with E-state index < -0.39 is 0 Å². The van der Waals surface area contributed by atoms with Crippen molar-refractivity contribution in [3.8, 4) is 0 Å². The van der Waals surface area contributed by atoms with E-state index in [1.165, 1.54) is 38.5 Å². The van der Waals surface area contributed by atoms with Gasteiger partial charge >= 0.3 is 0 Å². The summed E-state index contributed by atoms with van der Waals surface area (Å²) in [5.74, 6) is 1.53. The van der Waals surface area contributed by atoms with Gasteiger partial charge in [-0.1, -0.05) is 19.3 Å². The van der Waals surface area contributed by atoms with Gasteiger partial charge in [-0.15, -0.1) is 0 Å². The summed E-state index contributed by atoms with van der Waals surface area (Å²) in [7, 11) is 0. The van der Waals surface area contributed by atoms with Crippen molar-refractivity contribution >= 4 is 11.7 Å². The van der Waals surface area contributed by atoms with Crippen molar-refractivity contribution < 1.29 is 4.79 Å². The van der Waals surface area contributed by atoms with E-state index in [1.807, 2.05) is 17.9 Å². The van der Waals surface area contributed by atoms with E-state index in [2.05, 4.69) is 15.3 Å². The highest BCUT2D eigenvalue weighted by Gasteiger charge is 2.21. The monoisotopic (exact) mass is 302 g/mol. The average molecular weight is 302 g/mol. The first-order chi connectivity index (χ1) is 10.7. The van der Waals surface area contributed by atoms with Crippen LogP contribution in [0.25, 0.3) is 0 Å². The molecule has 1 aromatic heterocycles. The van der Waals surface area contributed by atoms with Gasteiger partial charge in [-0.3, -0.25) is 4.79 Å². The van der Waals surface area contributed by atoms with Crippen molar-refractivity contribution in [3.05, 3.63) is 17.6 Å². The van der Waals surface area contributed by atoms with Crippen LogP contribution in [0.1, 0.15) is 67.7 Å². The summed E-state index contributed by atoms with van der Waals surface area (Å²) in [6, 6.07) is 2.32. The van der Waals surface area contributed by atoms with Crippen LogP contribution in [-0.4, -0.2) is 39.9 Å². The Hall–Kier alpha value is -1.65. The Morgan fingerprint density at radius 2 is 1.77 bits per heavy atom. The fourth-order valence-electron chi connectivity index (χ4n) is 3.47.